The maximum atomic E-state index is 12.7. The zero-order valence-electron chi connectivity index (χ0n) is 16.6. The van der Waals surface area contributed by atoms with Crippen molar-refractivity contribution in [1.82, 2.24) is 14.7 Å². The van der Waals surface area contributed by atoms with E-state index in [2.05, 4.69) is 18.3 Å². The van der Waals surface area contributed by atoms with Crippen molar-refractivity contribution in [2.45, 2.75) is 52.3 Å². The van der Waals surface area contributed by atoms with Crippen LogP contribution in [-0.4, -0.2) is 56.2 Å². The number of ketones is 1. The van der Waals surface area contributed by atoms with Crippen LogP contribution in [0.4, 0.5) is 0 Å². The summed E-state index contributed by atoms with van der Waals surface area (Å²) < 4.78 is 6.68. The number of hydrogen-bond donors (Lipinski definition) is 1. The largest absolute Gasteiger partial charge is 0.457 e. The van der Waals surface area contributed by atoms with Crippen molar-refractivity contribution in [2.75, 3.05) is 6.61 Å². The minimum absolute atomic E-state index is 0.0164. The number of hydrogen-bond acceptors (Lipinski definition) is 6. The fourth-order valence-electron chi connectivity index (χ4n) is 3.34. The monoisotopic (exact) mass is 389 g/mol. The van der Waals surface area contributed by atoms with Gasteiger partial charge >= 0.3 is 5.97 Å². The standard InChI is InChI=1S/C20H27N3O5/c1-6-8-22-12(3)10-15(21-22)17(25)11-16-18(14(5)24)19(26)23(16)13(4)20(27)28-9-7-2/h7,10,14,16,18,24H,2,4,6,8-9,11H2,1,3,5H3/t14-,16-,18-/m1/s1. The Kier molecular flexibility index (Phi) is 6.90. The Morgan fingerprint density at radius 3 is 2.71 bits per heavy atom. The number of aliphatic hydroxyl groups is 1. The predicted octanol–water partition coefficient (Wildman–Crippen LogP) is 1.63. The highest BCUT2D eigenvalue weighted by Crippen LogP contribution is 2.36. The maximum absolute atomic E-state index is 12.7. The summed E-state index contributed by atoms with van der Waals surface area (Å²) in [5, 5.41) is 14.3. The third kappa shape index (κ3) is 4.22. The van der Waals surface area contributed by atoms with E-state index in [9.17, 15) is 19.5 Å². The highest BCUT2D eigenvalue weighted by Gasteiger charge is 2.52. The van der Waals surface area contributed by atoms with Gasteiger partial charge in [0.1, 0.15) is 18.0 Å². The van der Waals surface area contributed by atoms with Gasteiger partial charge in [-0.15, -0.1) is 0 Å². The maximum Gasteiger partial charge on any atom is 0.354 e. The predicted molar refractivity (Wildman–Crippen MR) is 102 cm³/mol. The molecule has 2 rings (SSSR count). The molecule has 1 aromatic rings. The van der Waals surface area contributed by atoms with Crippen molar-refractivity contribution in [3.8, 4) is 0 Å². The lowest BCUT2D eigenvalue weighted by Crippen LogP contribution is -2.64. The first kappa shape index (κ1) is 21.6. The molecule has 8 nitrogen and oxygen atoms in total. The van der Waals surface area contributed by atoms with Gasteiger partial charge in [-0.2, -0.15) is 5.10 Å². The van der Waals surface area contributed by atoms with Crippen molar-refractivity contribution in [1.29, 1.82) is 0 Å². The Labute approximate surface area is 164 Å². The lowest BCUT2D eigenvalue weighted by Gasteiger charge is -2.48. The fraction of sp³-hybridized carbons (Fsp3) is 0.500. The van der Waals surface area contributed by atoms with Gasteiger partial charge in [-0.3, -0.25) is 14.3 Å². The summed E-state index contributed by atoms with van der Waals surface area (Å²) in [6.45, 7) is 13.1. The zero-order valence-corrected chi connectivity index (χ0v) is 16.6. The molecule has 152 valence electrons. The third-order valence-electron chi connectivity index (χ3n) is 4.74. The molecule has 1 aromatic heterocycles. The van der Waals surface area contributed by atoms with E-state index in [0.29, 0.717) is 12.2 Å². The van der Waals surface area contributed by atoms with E-state index in [1.165, 1.54) is 13.0 Å². The molecule has 2 heterocycles. The van der Waals surface area contributed by atoms with Crippen LogP contribution in [0, 0.1) is 12.8 Å². The Bertz CT molecular complexity index is 796. The number of carbonyl (C=O) groups is 3. The lowest BCUT2D eigenvalue weighted by atomic mass is 9.79. The summed E-state index contributed by atoms with van der Waals surface area (Å²) in [6, 6.07) is 1.02. The molecular weight excluding hydrogens is 362 g/mol. The highest BCUT2D eigenvalue weighted by atomic mass is 16.5. The van der Waals surface area contributed by atoms with Crippen LogP contribution >= 0.6 is 0 Å². The molecule has 0 spiro atoms. The first-order valence-electron chi connectivity index (χ1n) is 9.28. The number of β-lactam (4-membered cyclic amide) rings is 1. The number of Topliss-reactive ketones (excluding diaryl/α,β-unsaturated/α-hetero) is 1. The molecule has 1 aliphatic heterocycles. The average Bonchev–Trinajstić information content (AvgIpc) is 2.99. The zero-order chi connectivity index (χ0) is 21.0. The molecular formula is C20H27N3O5. The summed E-state index contributed by atoms with van der Waals surface area (Å²) in [5.41, 5.74) is 1.01. The molecule has 1 amide bonds. The molecule has 0 aliphatic carbocycles. The first-order valence-corrected chi connectivity index (χ1v) is 9.28. The molecule has 0 unspecified atom stereocenters. The van der Waals surface area contributed by atoms with Crippen molar-refractivity contribution < 1.29 is 24.2 Å². The fourth-order valence-corrected chi connectivity index (χ4v) is 3.34. The second-order valence-corrected chi connectivity index (χ2v) is 6.90. The number of aryl methyl sites for hydroxylation is 2. The van der Waals surface area contributed by atoms with E-state index < -0.39 is 29.9 Å². The Balaban J connectivity index is 2.18. The van der Waals surface area contributed by atoms with E-state index in [-0.39, 0.29) is 24.5 Å². The smallest absolute Gasteiger partial charge is 0.354 e. The van der Waals surface area contributed by atoms with Gasteiger partial charge < -0.3 is 14.7 Å². The number of rotatable bonds is 10. The Hall–Kier alpha value is -2.74. The van der Waals surface area contributed by atoms with Gasteiger partial charge in [-0.05, 0) is 26.3 Å². The van der Waals surface area contributed by atoms with Crippen LogP contribution < -0.4 is 0 Å². The van der Waals surface area contributed by atoms with Gasteiger partial charge in [-0.1, -0.05) is 26.2 Å². The third-order valence-corrected chi connectivity index (χ3v) is 4.74. The van der Waals surface area contributed by atoms with Gasteiger partial charge in [0.15, 0.2) is 5.78 Å². The lowest BCUT2D eigenvalue weighted by molar-refractivity contribution is -0.164. The molecule has 3 atom stereocenters. The SMILES string of the molecule is C=CCOC(=O)C(=C)N1C(=O)[C@H]([C@@H](C)O)[C@H]1CC(=O)c1cc(C)n(CCC)n1. The minimum atomic E-state index is -0.960. The van der Waals surface area contributed by atoms with Gasteiger partial charge in [0.05, 0.1) is 18.1 Å². The second kappa shape index (κ2) is 8.97. The number of amides is 1. The van der Waals surface area contributed by atoms with Gasteiger partial charge in [0.25, 0.3) is 0 Å². The molecule has 1 N–H and O–H groups in total. The topological polar surface area (TPSA) is 102 Å². The van der Waals surface area contributed by atoms with Gasteiger partial charge in [0.2, 0.25) is 5.91 Å². The van der Waals surface area contributed by atoms with Crippen molar-refractivity contribution in [2.24, 2.45) is 5.92 Å². The number of esters is 1. The molecule has 0 saturated carbocycles. The highest BCUT2D eigenvalue weighted by molar-refractivity contribution is 6.01. The van der Waals surface area contributed by atoms with Crippen LogP contribution in [0.2, 0.25) is 0 Å². The molecule has 8 heteroatoms. The Morgan fingerprint density at radius 1 is 1.46 bits per heavy atom. The second-order valence-electron chi connectivity index (χ2n) is 6.90. The Morgan fingerprint density at radius 2 is 2.14 bits per heavy atom. The van der Waals surface area contributed by atoms with E-state index in [1.807, 2.05) is 13.8 Å². The average molecular weight is 389 g/mol. The number of aromatic nitrogens is 2. The van der Waals surface area contributed by atoms with E-state index in [0.717, 1.165) is 17.0 Å². The van der Waals surface area contributed by atoms with Crippen LogP contribution in [0.1, 0.15) is 42.9 Å². The van der Waals surface area contributed by atoms with E-state index in [4.69, 9.17) is 4.74 Å². The molecule has 1 saturated heterocycles. The summed E-state index contributed by atoms with van der Waals surface area (Å²) in [6.07, 6.45) is 1.26. The molecule has 28 heavy (non-hydrogen) atoms. The number of carbonyl (C=O) groups excluding carboxylic acids is 3. The molecule has 0 radical (unpaired) electrons. The summed E-state index contributed by atoms with van der Waals surface area (Å²) >= 11 is 0. The number of nitrogens with zero attached hydrogens (tertiary/aromatic N) is 3. The molecule has 1 fully saturated rings. The molecule has 0 bridgehead atoms. The van der Waals surface area contributed by atoms with Crippen molar-refractivity contribution in [3.63, 3.8) is 0 Å². The minimum Gasteiger partial charge on any atom is -0.457 e. The van der Waals surface area contributed by atoms with E-state index >= 15 is 0 Å². The number of ether oxygens (including phenoxy) is 1. The molecule has 0 aromatic carbocycles. The van der Waals surface area contributed by atoms with Gasteiger partial charge in [0, 0.05) is 18.7 Å². The number of aliphatic hydroxyl groups excluding tert-OH is 1. The number of likely N-dealkylation sites (tertiary alicyclic amines) is 1. The van der Waals surface area contributed by atoms with Crippen LogP contribution in [0.5, 0.6) is 0 Å². The van der Waals surface area contributed by atoms with Gasteiger partial charge in [-0.25, -0.2) is 4.79 Å². The summed E-state index contributed by atoms with van der Waals surface area (Å²) in [4.78, 5) is 38.4. The molecule has 1 aliphatic rings. The van der Waals surface area contributed by atoms with Crippen LogP contribution in [0.25, 0.3) is 0 Å². The summed E-state index contributed by atoms with van der Waals surface area (Å²) in [5.74, 6) is -2.27. The quantitative estimate of drug-likeness (QED) is 0.215. The van der Waals surface area contributed by atoms with Crippen LogP contribution in [0.15, 0.2) is 31.0 Å². The van der Waals surface area contributed by atoms with Crippen LogP contribution in [0.3, 0.4) is 0 Å². The van der Waals surface area contributed by atoms with Crippen molar-refractivity contribution in [3.05, 3.63) is 42.4 Å². The summed E-state index contributed by atoms with van der Waals surface area (Å²) in [7, 11) is 0. The first-order chi connectivity index (χ1) is 13.2. The normalized spacial score (nSPS) is 19.7. The van der Waals surface area contributed by atoms with Crippen molar-refractivity contribution >= 4 is 17.7 Å². The van der Waals surface area contributed by atoms with E-state index in [1.54, 1.807) is 10.7 Å². The van der Waals surface area contributed by atoms with Crippen LogP contribution in [-0.2, 0) is 20.9 Å².